The van der Waals surface area contributed by atoms with Crippen molar-refractivity contribution in [3.05, 3.63) is 0 Å². The van der Waals surface area contributed by atoms with Crippen molar-refractivity contribution in [3.63, 3.8) is 0 Å². The van der Waals surface area contributed by atoms with E-state index in [1.165, 1.54) is 9.80 Å². The molecule has 0 aromatic heterocycles. The van der Waals surface area contributed by atoms with Gasteiger partial charge in [-0.1, -0.05) is 0 Å². The largest absolute Gasteiger partial charge is 0.390 e. The molecule has 0 radical (unpaired) electrons. The first kappa shape index (κ1) is 10.9. The summed E-state index contributed by atoms with van der Waals surface area (Å²) < 4.78 is 0. The number of carbonyl (C=O) groups is 2. The van der Waals surface area contributed by atoms with Crippen molar-refractivity contribution < 1.29 is 14.7 Å². The van der Waals surface area contributed by atoms with Crippen molar-refractivity contribution >= 4 is 11.8 Å². The molecule has 1 fully saturated rings. The summed E-state index contributed by atoms with van der Waals surface area (Å²) in [7, 11) is 1.58. The maximum atomic E-state index is 11.4. The van der Waals surface area contributed by atoms with E-state index in [1.807, 2.05) is 0 Å². The Labute approximate surface area is 82.3 Å². The topological polar surface area (TPSA) is 86.9 Å². The Morgan fingerprint density at radius 2 is 2.07 bits per heavy atom. The molecule has 1 aliphatic heterocycles. The average molecular weight is 201 g/mol. The zero-order valence-corrected chi connectivity index (χ0v) is 8.14. The quantitative estimate of drug-likeness (QED) is 0.499. The first-order valence-corrected chi connectivity index (χ1v) is 4.48. The molecule has 1 aliphatic rings. The van der Waals surface area contributed by atoms with Gasteiger partial charge in [0, 0.05) is 33.2 Å². The van der Waals surface area contributed by atoms with Crippen LogP contribution in [0, 0.1) is 0 Å². The summed E-state index contributed by atoms with van der Waals surface area (Å²) in [5.41, 5.74) is 5.21. The number of β-amino-alcohol motifs (C(OH)–C–C–N with tert-alkyl or cyclic N) is 1. The van der Waals surface area contributed by atoms with Gasteiger partial charge in [0.2, 0.25) is 0 Å². The Kier molecular flexibility index (Phi) is 3.43. The summed E-state index contributed by atoms with van der Waals surface area (Å²) in [6, 6.07) is 0. The van der Waals surface area contributed by atoms with Crippen molar-refractivity contribution in [2.45, 2.75) is 6.10 Å². The van der Waals surface area contributed by atoms with Crippen LogP contribution in [0.25, 0.3) is 0 Å². The second-order valence-corrected chi connectivity index (χ2v) is 3.37. The molecule has 6 heteroatoms. The fourth-order valence-corrected chi connectivity index (χ4v) is 1.28. The molecule has 2 amide bonds. The van der Waals surface area contributed by atoms with E-state index < -0.39 is 17.9 Å². The van der Waals surface area contributed by atoms with Gasteiger partial charge < -0.3 is 20.6 Å². The number of nitrogens with two attached hydrogens (primary N) is 1. The monoisotopic (exact) mass is 201 g/mol. The summed E-state index contributed by atoms with van der Waals surface area (Å²) in [5, 5.41) is 9.24. The number of hydrogen-bond donors (Lipinski definition) is 2. The third-order valence-electron chi connectivity index (χ3n) is 2.23. The molecule has 0 aliphatic carbocycles. The third-order valence-corrected chi connectivity index (χ3v) is 2.23. The standard InChI is InChI=1S/C8H15N3O3/c1-10-2-3-11(5-6(12)4-9)8(14)7(10)13/h6,12H,2-5,9H2,1H3. The fraction of sp³-hybridized carbons (Fsp3) is 0.750. The Bertz CT molecular complexity index is 244. The first-order valence-electron chi connectivity index (χ1n) is 4.48. The van der Waals surface area contributed by atoms with Gasteiger partial charge in [-0.3, -0.25) is 9.59 Å². The van der Waals surface area contributed by atoms with Crippen LogP contribution in [0.3, 0.4) is 0 Å². The van der Waals surface area contributed by atoms with Gasteiger partial charge in [0.15, 0.2) is 0 Å². The van der Waals surface area contributed by atoms with Crippen LogP contribution >= 0.6 is 0 Å². The van der Waals surface area contributed by atoms with E-state index in [2.05, 4.69) is 0 Å². The molecular weight excluding hydrogens is 186 g/mol. The Hall–Kier alpha value is -1.14. The number of aliphatic hydroxyl groups is 1. The molecule has 1 saturated heterocycles. The number of hydrogen-bond acceptors (Lipinski definition) is 4. The summed E-state index contributed by atoms with van der Waals surface area (Å²) in [5.74, 6) is -1.09. The van der Waals surface area contributed by atoms with Crippen LogP contribution in [0.5, 0.6) is 0 Å². The van der Waals surface area contributed by atoms with Crippen molar-refractivity contribution in [2.75, 3.05) is 33.2 Å². The van der Waals surface area contributed by atoms with Crippen LogP contribution in [0.1, 0.15) is 0 Å². The minimum absolute atomic E-state index is 0.0911. The SMILES string of the molecule is CN1CCN(CC(O)CN)C(=O)C1=O. The lowest BCUT2D eigenvalue weighted by atomic mass is 10.2. The lowest BCUT2D eigenvalue weighted by Gasteiger charge is -2.32. The first-order chi connectivity index (χ1) is 6.56. The van der Waals surface area contributed by atoms with Gasteiger partial charge in [-0.2, -0.15) is 0 Å². The number of rotatable bonds is 3. The predicted molar refractivity (Wildman–Crippen MR) is 49.3 cm³/mol. The smallest absolute Gasteiger partial charge is 0.312 e. The lowest BCUT2D eigenvalue weighted by molar-refractivity contribution is -0.155. The second-order valence-electron chi connectivity index (χ2n) is 3.37. The zero-order chi connectivity index (χ0) is 10.7. The molecule has 0 aromatic rings. The van der Waals surface area contributed by atoms with Gasteiger partial charge in [-0.05, 0) is 0 Å². The minimum Gasteiger partial charge on any atom is -0.390 e. The summed E-state index contributed by atoms with van der Waals surface area (Å²) in [4.78, 5) is 25.3. The molecule has 80 valence electrons. The Morgan fingerprint density at radius 1 is 1.43 bits per heavy atom. The highest BCUT2D eigenvalue weighted by atomic mass is 16.3. The predicted octanol–water partition coefficient (Wildman–Crippen LogP) is -2.39. The molecule has 0 saturated carbocycles. The molecule has 6 nitrogen and oxygen atoms in total. The average Bonchev–Trinajstić information content (AvgIpc) is 2.19. The molecule has 0 aromatic carbocycles. The maximum absolute atomic E-state index is 11.4. The maximum Gasteiger partial charge on any atom is 0.312 e. The van der Waals surface area contributed by atoms with E-state index >= 15 is 0 Å². The summed E-state index contributed by atoms with van der Waals surface area (Å²) >= 11 is 0. The van der Waals surface area contributed by atoms with Crippen molar-refractivity contribution in [1.82, 2.24) is 9.80 Å². The van der Waals surface area contributed by atoms with E-state index in [9.17, 15) is 14.7 Å². The highest BCUT2D eigenvalue weighted by Crippen LogP contribution is 2.03. The van der Waals surface area contributed by atoms with Gasteiger partial charge in [0.05, 0.1) is 6.10 Å². The Balaban J connectivity index is 2.55. The summed E-state index contributed by atoms with van der Waals surface area (Å²) in [6.07, 6.45) is -0.754. The molecule has 3 N–H and O–H groups in total. The van der Waals surface area contributed by atoms with Crippen LogP contribution in [0.15, 0.2) is 0 Å². The van der Waals surface area contributed by atoms with E-state index in [0.29, 0.717) is 13.1 Å². The van der Waals surface area contributed by atoms with E-state index in [1.54, 1.807) is 7.05 Å². The number of carbonyl (C=O) groups excluding carboxylic acids is 2. The van der Waals surface area contributed by atoms with Crippen LogP contribution in [0.2, 0.25) is 0 Å². The van der Waals surface area contributed by atoms with Gasteiger partial charge >= 0.3 is 11.8 Å². The van der Waals surface area contributed by atoms with E-state index in [-0.39, 0.29) is 13.1 Å². The zero-order valence-electron chi connectivity index (χ0n) is 8.14. The van der Waals surface area contributed by atoms with Crippen LogP contribution in [-0.4, -0.2) is 66.1 Å². The van der Waals surface area contributed by atoms with E-state index in [0.717, 1.165) is 0 Å². The van der Waals surface area contributed by atoms with Crippen LogP contribution in [0.4, 0.5) is 0 Å². The molecule has 1 heterocycles. The fourth-order valence-electron chi connectivity index (χ4n) is 1.28. The second kappa shape index (κ2) is 4.39. The number of nitrogens with zero attached hydrogens (tertiary/aromatic N) is 2. The molecule has 1 atom stereocenters. The van der Waals surface area contributed by atoms with Crippen molar-refractivity contribution in [3.8, 4) is 0 Å². The number of amides is 2. The Morgan fingerprint density at radius 3 is 2.64 bits per heavy atom. The van der Waals surface area contributed by atoms with Gasteiger partial charge in [-0.25, -0.2) is 0 Å². The molecule has 14 heavy (non-hydrogen) atoms. The van der Waals surface area contributed by atoms with Gasteiger partial charge in [0.25, 0.3) is 0 Å². The highest BCUT2D eigenvalue weighted by molar-refractivity contribution is 6.35. The molecule has 0 spiro atoms. The molecule has 1 rings (SSSR count). The molecular formula is C8H15N3O3. The van der Waals surface area contributed by atoms with Crippen molar-refractivity contribution in [1.29, 1.82) is 0 Å². The molecule has 1 unspecified atom stereocenters. The third kappa shape index (κ3) is 2.21. The normalized spacial score (nSPS) is 20.2. The van der Waals surface area contributed by atoms with Gasteiger partial charge in [-0.15, -0.1) is 0 Å². The highest BCUT2D eigenvalue weighted by Gasteiger charge is 2.30. The summed E-state index contributed by atoms with van der Waals surface area (Å²) in [6.45, 7) is 1.18. The lowest BCUT2D eigenvalue weighted by Crippen LogP contribution is -2.55. The minimum atomic E-state index is -0.754. The van der Waals surface area contributed by atoms with E-state index in [4.69, 9.17) is 5.73 Å². The van der Waals surface area contributed by atoms with Gasteiger partial charge in [0.1, 0.15) is 0 Å². The number of likely N-dealkylation sites (N-methyl/N-ethyl adjacent to an activating group) is 1. The van der Waals surface area contributed by atoms with Crippen molar-refractivity contribution in [2.24, 2.45) is 5.73 Å². The van der Waals surface area contributed by atoms with Crippen LogP contribution in [-0.2, 0) is 9.59 Å². The number of piperazine rings is 1. The molecule has 0 bridgehead atoms. The van der Waals surface area contributed by atoms with Crippen LogP contribution < -0.4 is 5.73 Å². The number of aliphatic hydroxyl groups excluding tert-OH is 1.